The number of aliphatic hydroxyl groups excluding tert-OH is 1. The van der Waals surface area contributed by atoms with Crippen LogP contribution in [0.3, 0.4) is 0 Å². The van der Waals surface area contributed by atoms with Crippen molar-refractivity contribution in [2.45, 2.75) is 121 Å². The number of nitrogens with zero attached hydrogens (tertiary/aromatic N) is 1. The Bertz CT molecular complexity index is 2290. The number of ketones is 1. The Morgan fingerprint density at radius 2 is 1.47 bits per heavy atom. The second-order valence-electron chi connectivity index (χ2n) is 17.0. The van der Waals surface area contributed by atoms with Crippen LogP contribution in [0, 0.1) is 29.7 Å². The molecule has 5 nitrogen and oxygen atoms in total. The van der Waals surface area contributed by atoms with Crippen LogP contribution in [0.25, 0.3) is 55.5 Å². The number of aryl methyl sites for hydroxylation is 1. The molecule has 0 atom stereocenters. The summed E-state index contributed by atoms with van der Waals surface area (Å²) in [5.74, 6) is 2.38. The molecule has 55 heavy (non-hydrogen) atoms. The molecule has 0 aliphatic heterocycles. The molecule has 3 aromatic carbocycles. The first-order valence-corrected chi connectivity index (χ1v) is 19.8. The third-order valence-electron chi connectivity index (χ3n) is 11.8. The zero-order chi connectivity index (χ0) is 39.6. The zero-order valence-corrected chi connectivity index (χ0v) is 37.4. The molecule has 0 amide bonds. The van der Waals surface area contributed by atoms with Gasteiger partial charge in [-0.3, -0.25) is 9.78 Å². The largest absolute Gasteiger partial charge is 0.512 e. The molecule has 3 heterocycles. The van der Waals surface area contributed by atoms with E-state index in [-0.39, 0.29) is 47.9 Å². The van der Waals surface area contributed by atoms with Gasteiger partial charge >= 0.3 is 0 Å². The van der Waals surface area contributed by atoms with Crippen molar-refractivity contribution in [2.75, 3.05) is 0 Å². The van der Waals surface area contributed by atoms with Gasteiger partial charge in [0, 0.05) is 65.2 Å². The van der Waals surface area contributed by atoms with Crippen molar-refractivity contribution in [3.63, 3.8) is 0 Å². The average Bonchev–Trinajstić information content (AvgIpc) is 3.73. The molecule has 0 spiro atoms. The summed E-state index contributed by atoms with van der Waals surface area (Å²) in [5, 5.41) is 14.5. The third kappa shape index (κ3) is 9.19. The van der Waals surface area contributed by atoms with Crippen molar-refractivity contribution < 1.29 is 38.8 Å². The van der Waals surface area contributed by atoms with Gasteiger partial charge in [-0.25, -0.2) is 0 Å². The van der Waals surface area contributed by atoms with E-state index in [4.69, 9.17) is 13.8 Å². The number of fused-ring (bicyclic) bond motifs is 3. The summed E-state index contributed by atoms with van der Waals surface area (Å²) < 4.78 is 12.7. The van der Waals surface area contributed by atoms with Gasteiger partial charge in [-0.1, -0.05) is 117 Å². The van der Waals surface area contributed by atoms with E-state index < -0.39 is 0 Å². The van der Waals surface area contributed by atoms with Crippen LogP contribution in [-0.4, -0.2) is 15.9 Å². The maximum absolute atomic E-state index is 12.2. The van der Waals surface area contributed by atoms with Gasteiger partial charge in [0.2, 0.25) is 0 Å². The number of rotatable bonds is 11. The fraction of sp³-hybridized carbons (Fsp3) is 0.429. The maximum Gasteiger partial charge on any atom is 0.173 e. The van der Waals surface area contributed by atoms with E-state index in [1.54, 1.807) is 0 Å². The monoisotopic (exact) mass is 919 g/mol. The molecule has 295 valence electrons. The summed E-state index contributed by atoms with van der Waals surface area (Å²) in [6.45, 7) is 25.4. The fourth-order valence-electron chi connectivity index (χ4n) is 7.05. The first-order chi connectivity index (χ1) is 25.5. The molecule has 6 heteroatoms. The number of aromatic nitrogens is 1. The Hall–Kier alpha value is -3.99. The van der Waals surface area contributed by atoms with Gasteiger partial charge in [-0.2, -0.15) is 0 Å². The minimum Gasteiger partial charge on any atom is -0.512 e. The molecule has 0 bridgehead atoms. The Labute approximate surface area is 342 Å². The molecule has 3 aromatic heterocycles. The van der Waals surface area contributed by atoms with Crippen LogP contribution in [-0.2, 0) is 36.7 Å². The molecule has 0 aliphatic carbocycles. The summed E-state index contributed by atoms with van der Waals surface area (Å²) >= 11 is 0. The number of carbonyl (C=O) groups is 1. The maximum atomic E-state index is 12.2. The van der Waals surface area contributed by atoms with Crippen LogP contribution in [0.1, 0.15) is 119 Å². The minimum atomic E-state index is -0.337. The average molecular weight is 919 g/mol. The minimum absolute atomic E-state index is 0. The van der Waals surface area contributed by atoms with E-state index in [2.05, 4.69) is 102 Å². The van der Waals surface area contributed by atoms with Gasteiger partial charge < -0.3 is 13.9 Å². The van der Waals surface area contributed by atoms with Gasteiger partial charge in [0.05, 0.1) is 0 Å². The number of pyridine rings is 1. The number of allylic oxidation sites excluding steroid dienone is 2. The Kier molecular flexibility index (Phi) is 13.9. The molecule has 0 unspecified atom stereocenters. The van der Waals surface area contributed by atoms with E-state index in [9.17, 15) is 9.90 Å². The van der Waals surface area contributed by atoms with Gasteiger partial charge in [-0.15, -0.1) is 29.1 Å². The zero-order valence-electron chi connectivity index (χ0n) is 35.0. The van der Waals surface area contributed by atoms with E-state index in [0.717, 1.165) is 87.8 Å². The van der Waals surface area contributed by atoms with E-state index >= 15 is 0 Å². The van der Waals surface area contributed by atoms with Crippen LogP contribution in [0.5, 0.6) is 0 Å². The molecule has 1 N–H and O–H groups in total. The van der Waals surface area contributed by atoms with E-state index in [0.29, 0.717) is 5.92 Å². The Morgan fingerprint density at radius 1 is 0.818 bits per heavy atom. The number of hydrogen-bond acceptors (Lipinski definition) is 5. The van der Waals surface area contributed by atoms with Gasteiger partial charge in [0.25, 0.3) is 0 Å². The molecular weight excluding hydrogens is 859 g/mol. The van der Waals surface area contributed by atoms with Crippen molar-refractivity contribution in [1.29, 1.82) is 0 Å². The summed E-state index contributed by atoms with van der Waals surface area (Å²) in [5.41, 5.74) is 6.59. The predicted octanol–water partition coefficient (Wildman–Crippen LogP) is 14.3. The third-order valence-corrected chi connectivity index (χ3v) is 11.8. The van der Waals surface area contributed by atoms with Gasteiger partial charge in [0.15, 0.2) is 17.3 Å². The topological polar surface area (TPSA) is 76.5 Å². The smallest absolute Gasteiger partial charge is 0.173 e. The summed E-state index contributed by atoms with van der Waals surface area (Å²) in [7, 11) is 0. The number of aliphatic hydroxyl groups is 1. The number of benzene rings is 3. The van der Waals surface area contributed by atoms with Crippen molar-refractivity contribution in [2.24, 2.45) is 16.7 Å². The molecular formula is C49H60IrNO4-. The Balaban J connectivity index is 0.000000320. The SMILES string of the molecule is CCC(C)(CC)C(=O)/C=C(\O)C(C)(CC)CC.Cc1c(-c2cc3c(-c4[c-]c5ccccc5c(C(C)(C)C)c4)nccc3o2)oc2cc(CC(C)C)ccc12.[Ir]. The first-order valence-electron chi connectivity index (χ1n) is 19.8. The molecule has 1 radical (unpaired) electrons. The van der Waals surface area contributed by atoms with Gasteiger partial charge in [-0.05, 0) is 74.1 Å². The predicted molar refractivity (Wildman–Crippen MR) is 226 cm³/mol. The quantitative estimate of drug-likeness (QED) is 0.0796. The van der Waals surface area contributed by atoms with Crippen molar-refractivity contribution in [3.05, 3.63) is 101 Å². The summed E-state index contributed by atoms with van der Waals surface area (Å²) in [4.78, 5) is 17.0. The molecule has 0 fully saturated rings. The summed E-state index contributed by atoms with van der Waals surface area (Å²) in [6.07, 6.45) is 7.60. The van der Waals surface area contributed by atoms with Crippen LogP contribution >= 0.6 is 0 Å². The van der Waals surface area contributed by atoms with Crippen LogP contribution in [0.4, 0.5) is 0 Å². The number of hydrogen-bond donors (Lipinski definition) is 1. The van der Waals surface area contributed by atoms with Crippen molar-refractivity contribution >= 4 is 38.5 Å². The van der Waals surface area contributed by atoms with Crippen LogP contribution in [0.2, 0.25) is 0 Å². The Morgan fingerprint density at radius 3 is 2.09 bits per heavy atom. The fourth-order valence-corrected chi connectivity index (χ4v) is 7.05. The second kappa shape index (κ2) is 17.4. The number of furan rings is 2. The molecule has 0 saturated carbocycles. The molecule has 6 rings (SSSR count). The summed E-state index contributed by atoms with van der Waals surface area (Å²) in [6, 6.07) is 24.9. The first kappa shape index (κ1) is 43.7. The molecule has 6 aromatic rings. The van der Waals surface area contributed by atoms with Crippen molar-refractivity contribution in [1.82, 2.24) is 4.98 Å². The molecule has 0 aliphatic rings. The van der Waals surface area contributed by atoms with Crippen molar-refractivity contribution in [3.8, 4) is 22.8 Å². The van der Waals surface area contributed by atoms with Gasteiger partial charge in [0.1, 0.15) is 16.9 Å². The number of carbonyl (C=O) groups excluding carboxylic acids is 1. The molecule has 0 saturated heterocycles. The normalized spacial score (nSPS) is 12.6. The van der Waals surface area contributed by atoms with Crippen LogP contribution < -0.4 is 0 Å². The van der Waals surface area contributed by atoms with E-state index in [1.165, 1.54) is 22.6 Å². The standard InChI is InChI=1S/C34H32NO2.C15H28O2.Ir/c1-20(2)15-22-11-12-25-21(3)33(37-30(25)16-22)31-19-27-29(36-31)13-14-35-32(27)24-17-23-9-7-8-10-26(23)28(18-24)34(4,5)6;1-7-14(5,8-2)12(16)11-13(17)15(6,9-3)10-4;/h7-14,16,18-20H,15H2,1-6H3;11,16H,7-10H2,1-6H3;/q-1;;/b;12-11-;. The van der Waals surface area contributed by atoms with Crippen LogP contribution in [0.15, 0.2) is 87.5 Å². The van der Waals surface area contributed by atoms with E-state index in [1.807, 2.05) is 53.8 Å². The second-order valence-corrected chi connectivity index (χ2v) is 17.0.